The molecule has 1 rings (SSSR count). The average Bonchev–Trinajstić information content (AvgIpc) is 2.04. The van der Waals surface area contributed by atoms with E-state index < -0.39 is 11.6 Å². The summed E-state index contributed by atoms with van der Waals surface area (Å²) in [5, 5.41) is 0. The van der Waals surface area contributed by atoms with E-state index in [4.69, 9.17) is 14.5 Å². The monoisotopic (exact) mass is 186 g/mol. The minimum Gasteiger partial charge on any atom is -0.464 e. The standard InChI is InChI=1S/C9H14O4/c1-4-11-8(10)9(3)5-7(2)6-12-13-9/h5H,4,6H2,1-3H3/t9-/m0/s1. The fourth-order valence-corrected chi connectivity index (χ4v) is 1.15. The lowest BCUT2D eigenvalue weighted by Gasteiger charge is -2.26. The summed E-state index contributed by atoms with van der Waals surface area (Å²) in [6.45, 7) is 5.98. The van der Waals surface area contributed by atoms with Crippen molar-refractivity contribution in [3.8, 4) is 0 Å². The van der Waals surface area contributed by atoms with Gasteiger partial charge in [-0.2, -0.15) is 0 Å². The predicted molar refractivity (Wildman–Crippen MR) is 45.8 cm³/mol. The molecule has 1 atom stereocenters. The van der Waals surface area contributed by atoms with Gasteiger partial charge < -0.3 is 4.74 Å². The molecule has 0 aliphatic carbocycles. The van der Waals surface area contributed by atoms with Gasteiger partial charge in [0, 0.05) is 0 Å². The van der Waals surface area contributed by atoms with Gasteiger partial charge in [0.25, 0.3) is 0 Å². The van der Waals surface area contributed by atoms with Crippen molar-refractivity contribution in [1.82, 2.24) is 0 Å². The van der Waals surface area contributed by atoms with Gasteiger partial charge in [-0.05, 0) is 32.4 Å². The average molecular weight is 186 g/mol. The molecule has 0 unspecified atom stereocenters. The summed E-state index contributed by atoms with van der Waals surface area (Å²) in [5.41, 5.74) is -0.125. The summed E-state index contributed by atoms with van der Waals surface area (Å²) in [6.07, 6.45) is 1.72. The predicted octanol–water partition coefficient (Wildman–Crippen LogP) is 1.22. The van der Waals surface area contributed by atoms with Crippen LogP contribution in [-0.2, 0) is 19.3 Å². The fraction of sp³-hybridized carbons (Fsp3) is 0.667. The molecule has 0 fully saturated rings. The van der Waals surface area contributed by atoms with Crippen LogP contribution in [0.3, 0.4) is 0 Å². The zero-order chi connectivity index (χ0) is 9.90. The summed E-state index contributed by atoms with van der Waals surface area (Å²) in [7, 11) is 0. The second-order valence-electron chi connectivity index (χ2n) is 3.16. The summed E-state index contributed by atoms with van der Waals surface area (Å²) in [5.74, 6) is -0.422. The third-order valence-electron chi connectivity index (χ3n) is 1.72. The topological polar surface area (TPSA) is 44.8 Å². The molecular weight excluding hydrogens is 172 g/mol. The van der Waals surface area contributed by atoms with Crippen LogP contribution in [0.25, 0.3) is 0 Å². The van der Waals surface area contributed by atoms with E-state index in [0.29, 0.717) is 13.2 Å². The van der Waals surface area contributed by atoms with Gasteiger partial charge in [-0.25, -0.2) is 14.6 Å². The van der Waals surface area contributed by atoms with E-state index in [1.54, 1.807) is 19.9 Å². The van der Waals surface area contributed by atoms with Crippen molar-refractivity contribution >= 4 is 5.97 Å². The van der Waals surface area contributed by atoms with Crippen molar-refractivity contribution in [3.63, 3.8) is 0 Å². The third-order valence-corrected chi connectivity index (χ3v) is 1.72. The van der Waals surface area contributed by atoms with E-state index in [-0.39, 0.29) is 0 Å². The molecular formula is C9H14O4. The Labute approximate surface area is 77.4 Å². The molecule has 0 aromatic rings. The second kappa shape index (κ2) is 3.89. The van der Waals surface area contributed by atoms with Crippen molar-refractivity contribution in [1.29, 1.82) is 0 Å². The lowest BCUT2D eigenvalue weighted by molar-refractivity contribution is -0.341. The Morgan fingerprint density at radius 2 is 2.46 bits per heavy atom. The lowest BCUT2D eigenvalue weighted by atomic mass is 10.0. The van der Waals surface area contributed by atoms with Crippen LogP contribution in [0.4, 0.5) is 0 Å². The molecule has 0 saturated carbocycles. The highest BCUT2D eigenvalue weighted by Crippen LogP contribution is 2.22. The van der Waals surface area contributed by atoms with Gasteiger partial charge in [0.2, 0.25) is 5.60 Å². The van der Waals surface area contributed by atoms with Crippen LogP contribution in [0.5, 0.6) is 0 Å². The number of hydrogen-bond acceptors (Lipinski definition) is 4. The molecule has 0 amide bonds. The zero-order valence-corrected chi connectivity index (χ0v) is 8.12. The summed E-state index contributed by atoms with van der Waals surface area (Å²) >= 11 is 0. The van der Waals surface area contributed by atoms with Gasteiger partial charge in [-0.1, -0.05) is 0 Å². The largest absolute Gasteiger partial charge is 0.464 e. The van der Waals surface area contributed by atoms with Crippen LogP contribution in [-0.4, -0.2) is 24.8 Å². The van der Waals surface area contributed by atoms with E-state index in [1.165, 1.54) is 0 Å². The molecule has 74 valence electrons. The molecule has 0 N–H and O–H groups in total. The first kappa shape index (κ1) is 10.2. The molecule has 4 nitrogen and oxygen atoms in total. The summed E-state index contributed by atoms with van der Waals surface area (Å²) in [6, 6.07) is 0. The zero-order valence-electron chi connectivity index (χ0n) is 8.12. The molecule has 1 aliphatic rings. The fourth-order valence-electron chi connectivity index (χ4n) is 1.15. The van der Waals surface area contributed by atoms with Crippen molar-refractivity contribution in [2.24, 2.45) is 0 Å². The van der Waals surface area contributed by atoms with Gasteiger partial charge in [0.15, 0.2) is 0 Å². The maximum atomic E-state index is 11.4. The van der Waals surface area contributed by atoms with Crippen LogP contribution >= 0.6 is 0 Å². The van der Waals surface area contributed by atoms with E-state index in [9.17, 15) is 4.79 Å². The highest BCUT2D eigenvalue weighted by atomic mass is 17.2. The second-order valence-corrected chi connectivity index (χ2v) is 3.16. The van der Waals surface area contributed by atoms with E-state index in [0.717, 1.165) is 5.57 Å². The van der Waals surface area contributed by atoms with E-state index in [2.05, 4.69) is 0 Å². The highest BCUT2D eigenvalue weighted by molar-refractivity contribution is 5.81. The summed E-state index contributed by atoms with van der Waals surface area (Å²) in [4.78, 5) is 21.1. The van der Waals surface area contributed by atoms with E-state index in [1.807, 2.05) is 6.92 Å². The Balaban J connectivity index is 2.74. The van der Waals surface area contributed by atoms with Crippen LogP contribution in [0.15, 0.2) is 11.6 Å². The number of carbonyl (C=O) groups is 1. The maximum Gasteiger partial charge on any atom is 0.345 e. The Hall–Kier alpha value is -0.870. The molecule has 0 aromatic carbocycles. The third kappa shape index (κ3) is 2.29. The normalized spacial score (nSPS) is 28.1. The molecule has 1 heterocycles. The minimum atomic E-state index is -1.08. The van der Waals surface area contributed by atoms with Crippen molar-refractivity contribution in [2.75, 3.05) is 13.2 Å². The quantitative estimate of drug-likeness (QED) is 0.369. The number of esters is 1. The summed E-state index contributed by atoms with van der Waals surface area (Å²) < 4.78 is 4.84. The highest BCUT2D eigenvalue weighted by Gasteiger charge is 2.37. The van der Waals surface area contributed by atoms with Crippen LogP contribution in [0.1, 0.15) is 20.8 Å². The SMILES string of the molecule is CCOC(=O)[C@]1(C)C=C(C)COO1. The Bertz CT molecular complexity index is 234. The maximum absolute atomic E-state index is 11.4. The minimum absolute atomic E-state index is 0.338. The number of carbonyl (C=O) groups excluding carboxylic acids is 1. The first-order chi connectivity index (χ1) is 6.08. The first-order valence-corrected chi connectivity index (χ1v) is 4.24. The number of ether oxygens (including phenoxy) is 1. The van der Waals surface area contributed by atoms with Crippen molar-refractivity contribution < 1.29 is 19.3 Å². The molecule has 4 heteroatoms. The Kier molecular flexibility index (Phi) is 3.06. The van der Waals surface area contributed by atoms with E-state index >= 15 is 0 Å². The molecule has 13 heavy (non-hydrogen) atoms. The smallest absolute Gasteiger partial charge is 0.345 e. The molecule has 1 aliphatic heterocycles. The molecule has 0 bridgehead atoms. The molecule has 0 aromatic heterocycles. The molecule has 0 spiro atoms. The van der Waals surface area contributed by atoms with Crippen LogP contribution < -0.4 is 0 Å². The van der Waals surface area contributed by atoms with Crippen LogP contribution in [0.2, 0.25) is 0 Å². The molecule has 0 saturated heterocycles. The van der Waals surface area contributed by atoms with Gasteiger partial charge >= 0.3 is 5.97 Å². The Morgan fingerprint density at radius 1 is 1.77 bits per heavy atom. The first-order valence-electron chi connectivity index (χ1n) is 4.24. The van der Waals surface area contributed by atoms with Crippen LogP contribution in [0, 0.1) is 0 Å². The van der Waals surface area contributed by atoms with Gasteiger partial charge in [-0.15, -0.1) is 0 Å². The number of rotatable bonds is 2. The number of hydrogen-bond donors (Lipinski definition) is 0. The lowest BCUT2D eigenvalue weighted by Crippen LogP contribution is -2.40. The van der Waals surface area contributed by atoms with Gasteiger partial charge in [0.1, 0.15) is 6.61 Å². The Morgan fingerprint density at radius 3 is 3.00 bits per heavy atom. The molecule has 0 radical (unpaired) electrons. The van der Waals surface area contributed by atoms with Gasteiger partial charge in [0.05, 0.1) is 6.61 Å². The van der Waals surface area contributed by atoms with Crippen molar-refractivity contribution in [3.05, 3.63) is 11.6 Å². The van der Waals surface area contributed by atoms with Gasteiger partial charge in [-0.3, -0.25) is 0 Å². The van der Waals surface area contributed by atoms with Crippen molar-refractivity contribution in [2.45, 2.75) is 26.4 Å².